The highest BCUT2D eigenvalue weighted by molar-refractivity contribution is 5.56. The number of hydrogen-bond acceptors (Lipinski definition) is 7. The molecule has 4 aromatic carbocycles. The van der Waals surface area contributed by atoms with E-state index >= 15 is 0 Å². The maximum absolute atomic E-state index is 10.6. The van der Waals surface area contributed by atoms with Gasteiger partial charge in [-0.2, -0.15) is 0 Å². The van der Waals surface area contributed by atoms with E-state index < -0.39 is 6.10 Å². The zero-order valence-corrected chi connectivity index (χ0v) is 19.6. The summed E-state index contributed by atoms with van der Waals surface area (Å²) in [5, 5.41) is 41.4. The fourth-order valence-corrected chi connectivity index (χ4v) is 4.33. The Labute approximate surface area is 208 Å². The molecular weight excluding hydrogens is 460 g/mol. The molecule has 6 rings (SSSR count). The van der Waals surface area contributed by atoms with E-state index in [2.05, 4.69) is 0 Å². The highest BCUT2D eigenvalue weighted by Gasteiger charge is 2.20. The number of methoxy groups -OCH3 is 1. The number of rotatable bonds is 1. The van der Waals surface area contributed by atoms with Crippen molar-refractivity contribution in [3.8, 4) is 46.0 Å². The second kappa shape index (κ2) is 9.71. The summed E-state index contributed by atoms with van der Waals surface area (Å²) in [6.07, 6.45) is 1.19. The van der Waals surface area contributed by atoms with Crippen LogP contribution in [0.15, 0.2) is 72.8 Å². The standard InChI is InChI=1S/C29H26O7/c1-34-25-14-18-3-2-4-22(13-18)36-29-19(9-12-23(30)28(29)33)8-5-17-6-10-21(11-7-17)35-26-16-20(25)15-24(31)27(26)32/h2-4,6-7,9-13,15-16,25,30-33H,5,8,14H2,1H3/t25-/m1/s1. The molecule has 6 bridgehead atoms. The van der Waals surface area contributed by atoms with Crippen LogP contribution in [0.2, 0.25) is 0 Å². The lowest BCUT2D eigenvalue weighted by Crippen LogP contribution is -2.06. The van der Waals surface area contributed by atoms with Crippen molar-refractivity contribution in [2.45, 2.75) is 25.4 Å². The molecule has 4 aromatic rings. The predicted molar refractivity (Wildman–Crippen MR) is 133 cm³/mol. The first-order chi connectivity index (χ1) is 17.4. The molecule has 184 valence electrons. The van der Waals surface area contributed by atoms with Crippen molar-refractivity contribution < 1.29 is 34.6 Å². The topological polar surface area (TPSA) is 109 Å². The first-order valence-corrected chi connectivity index (χ1v) is 11.6. The van der Waals surface area contributed by atoms with E-state index in [0.717, 1.165) is 16.7 Å². The Bertz CT molecular complexity index is 1400. The van der Waals surface area contributed by atoms with Crippen LogP contribution in [0, 0.1) is 0 Å². The van der Waals surface area contributed by atoms with E-state index in [9.17, 15) is 20.4 Å². The molecule has 0 fully saturated rings. The molecular formula is C29H26O7. The van der Waals surface area contributed by atoms with Crippen molar-refractivity contribution >= 4 is 0 Å². The molecule has 0 unspecified atom stereocenters. The lowest BCUT2D eigenvalue weighted by molar-refractivity contribution is 0.103. The molecule has 2 aliphatic heterocycles. The first kappa shape index (κ1) is 23.4. The molecule has 0 amide bonds. The van der Waals surface area contributed by atoms with E-state index in [1.807, 2.05) is 30.3 Å². The number of fused-ring (bicyclic) bond motifs is 4. The highest BCUT2D eigenvalue weighted by atomic mass is 16.5. The monoisotopic (exact) mass is 486 g/mol. The summed E-state index contributed by atoms with van der Waals surface area (Å²) in [4.78, 5) is 0. The Morgan fingerprint density at radius 3 is 2.31 bits per heavy atom. The Hall–Kier alpha value is -4.36. The Morgan fingerprint density at radius 1 is 0.722 bits per heavy atom. The fraction of sp³-hybridized carbons (Fsp3) is 0.172. The third-order valence-corrected chi connectivity index (χ3v) is 6.30. The van der Waals surface area contributed by atoms with Gasteiger partial charge in [-0.3, -0.25) is 0 Å². The van der Waals surface area contributed by atoms with Gasteiger partial charge in [0.05, 0.1) is 6.10 Å². The molecule has 0 aromatic heterocycles. The summed E-state index contributed by atoms with van der Waals surface area (Å²) in [6, 6.07) is 21.0. The van der Waals surface area contributed by atoms with Crippen molar-refractivity contribution in [3.63, 3.8) is 0 Å². The van der Waals surface area contributed by atoms with E-state index in [1.165, 1.54) is 12.1 Å². The number of ether oxygens (including phenoxy) is 3. The number of phenolic OH excluding ortho intramolecular Hbond substituents is 4. The maximum Gasteiger partial charge on any atom is 0.201 e. The van der Waals surface area contributed by atoms with Gasteiger partial charge >= 0.3 is 0 Å². The number of hydrogen-bond donors (Lipinski definition) is 4. The lowest BCUT2D eigenvalue weighted by atomic mass is 10.00. The van der Waals surface area contributed by atoms with Gasteiger partial charge in [0, 0.05) is 13.5 Å². The quantitative estimate of drug-likeness (QED) is 0.240. The van der Waals surface area contributed by atoms with Crippen LogP contribution in [-0.4, -0.2) is 27.5 Å². The minimum Gasteiger partial charge on any atom is -0.504 e. The van der Waals surface area contributed by atoms with Gasteiger partial charge in [0.2, 0.25) is 11.5 Å². The molecule has 0 saturated carbocycles. The smallest absolute Gasteiger partial charge is 0.201 e. The van der Waals surface area contributed by atoms with Crippen molar-refractivity contribution in [2.75, 3.05) is 7.11 Å². The summed E-state index contributed by atoms with van der Waals surface area (Å²) in [6.45, 7) is 0. The molecule has 0 aliphatic carbocycles. The second-order valence-electron chi connectivity index (χ2n) is 8.73. The van der Waals surface area contributed by atoms with Crippen LogP contribution in [-0.2, 0) is 24.0 Å². The number of benzene rings is 4. The van der Waals surface area contributed by atoms with E-state index in [-0.39, 0.29) is 34.5 Å². The molecule has 1 atom stereocenters. The Kier molecular flexibility index (Phi) is 6.31. The molecule has 7 nitrogen and oxygen atoms in total. The third kappa shape index (κ3) is 4.74. The highest BCUT2D eigenvalue weighted by Crippen LogP contribution is 2.43. The summed E-state index contributed by atoms with van der Waals surface area (Å²) in [7, 11) is 1.57. The van der Waals surface area contributed by atoms with Crippen LogP contribution in [0.25, 0.3) is 0 Å². The number of aromatic hydroxyl groups is 4. The zero-order chi connectivity index (χ0) is 25.2. The summed E-state index contributed by atoms with van der Waals surface area (Å²) in [5.74, 6) is 0.120. The number of aryl methyl sites for hydroxylation is 2. The minimum absolute atomic E-state index is 0.127. The van der Waals surface area contributed by atoms with Crippen LogP contribution in [0.1, 0.15) is 28.4 Å². The average Bonchev–Trinajstić information content (AvgIpc) is 2.88. The minimum atomic E-state index is -0.458. The molecule has 7 heteroatoms. The van der Waals surface area contributed by atoms with Gasteiger partial charge in [-0.25, -0.2) is 0 Å². The van der Waals surface area contributed by atoms with Gasteiger partial charge < -0.3 is 34.6 Å². The van der Waals surface area contributed by atoms with Gasteiger partial charge in [0.25, 0.3) is 0 Å². The molecule has 2 aliphatic rings. The molecule has 0 radical (unpaired) electrons. The van der Waals surface area contributed by atoms with Crippen molar-refractivity contribution in [3.05, 3.63) is 95.1 Å². The van der Waals surface area contributed by atoms with Crippen molar-refractivity contribution in [2.24, 2.45) is 0 Å². The van der Waals surface area contributed by atoms with Gasteiger partial charge in [0.15, 0.2) is 23.0 Å². The molecule has 2 heterocycles. The molecule has 0 spiro atoms. The number of phenols is 4. The first-order valence-electron chi connectivity index (χ1n) is 11.6. The third-order valence-electron chi connectivity index (χ3n) is 6.30. The Morgan fingerprint density at radius 2 is 1.53 bits per heavy atom. The van der Waals surface area contributed by atoms with E-state index in [4.69, 9.17) is 14.2 Å². The van der Waals surface area contributed by atoms with Crippen LogP contribution in [0.4, 0.5) is 0 Å². The molecule has 4 N–H and O–H groups in total. The summed E-state index contributed by atoms with van der Waals surface area (Å²) in [5.41, 5.74) is 3.28. The van der Waals surface area contributed by atoms with Crippen LogP contribution in [0.5, 0.6) is 46.0 Å². The SMILES string of the molecule is CO[C@@H]1Cc2cccc(c2)Oc2c(ccc(O)c2O)CCc2ccc(cc2)Oc2cc1cc(O)c2O. The van der Waals surface area contributed by atoms with Crippen LogP contribution in [0.3, 0.4) is 0 Å². The predicted octanol–water partition coefficient (Wildman–Crippen LogP) is 6.12. The average molecular weight is 487 g/mol. The summed E-state index contributed by atoms with van der Waals surface area (Å²) >= 11 is 0. The van der Waals surface area contributed by atoms with Gasteiger partial charge in [-0.15, -0.1) is 0 Å². The van der Waals surface area contributed by atoms with E-state index in [1.54, 1.807) is 37.4 Å². The maximum atomic E-state index is 10.6. The normalized spacial score (nSPS) is 15.2. The van der Waals surface area contributed by atoms with E-state index in [0.29, 0.717) is 36.3 Å². The second-order valence-corrected chi connectivity index (χ2v) is 8.73. The Balaban J connectivity index is 1.61. The largest absolute Gasteiger partial charge is 0.504 e. The van der Waals surface area contributed by atoms with Gasteiger partial charge in [-0.1, -0.05) is 30.3 Å². The summed E-state index contributed by atoms with van der Waals surface area (Å²) < 4.78 is 17.7. The fourth-order valence-electron chi connectivity index (χ4n) is 4.33. The zero-order valence-electron chi connectivity index (χ0n) is 19.6. The lowest BCUT2D eigenvalue weighted by Gasteiger charge is -2.19. The van der Waals surface area contributed by atoms with Crippen molar-refractivity contribution in [1.82, 2.24) is 0 Å². The molecule has 36 heavy (non-hydrogen) atoms. The van der Waals surface area contributed by atoms with Gasteiger partial charge in [-0.05, 0) is 77.6 Å². The van der Waals surface area contributed by atoms with Crippen molar-refractivity contribution in [1.29, 1.82) is 0 Å². The molecule has 0 saturated heterocycles. The van der Waals surface area contributed by atoms with Crippen LogP contribution < -0.4 is 9.47 Å². The van der Waals surface area contributed by atoms with Crippen LogP contribution >= 0.6 is 0 Å². The van der Waals surface area contributed by atoms with Gasteiger partial charge in [0.1, 0.15) is 11.5 Å².